The van der Waals surface area contributed by atoms with Gasteiger partial charge in [0, 0.05) is 37.0 Å². The van der Waals surface area contributed by atoms with Crippen molar-refractivity contribution in [2.75, 3.05) is 27.2 Å². The first-order valence-electron chi connectivity index (χ1n) is 27.9. The van der Waals surface area contributed by atoms with E-state index in [1.54, 1.807) is 27.9 Å². The van der Waals surface area contributed by atoms with Crippen LogP contribution in [0.15, 0.2) is 48.5 Å². The molecule has 76 heavy (non-hydrogen) atoms. The molecule has 3 fully saturated rings. The number of benzene rings is 2. The third-order valence-electron chi connectivity index (χ3n) is 16.7. The second kappa shape index (κ2) is 24.6. The highest BCUT2D eigenvalue weighted by atomic mass is 16.2. The van der Waals surface area contributed by atoms with Gasteiger partial charge < -0.3 is 52.3 Å². The molecule has 0 aromatic heterocycles. The monoisotopic (exact) mass is 1050 g/mol. The van der Waals surface area contributed by atoms with Crippen LogP contribution >= 0.6 is 0 Å². The molecule has 1 saturated carbocycles. The predicted molar refractivity (Wildman–Crippen MR) is 290 cm³/mol. The van der Waals surface area contributed by atoms with E-state index < -0.39 is 82.8 Å². The fourth-order valence-corrected chi connectivity index (χ4v) is 12.0. The Kier molecular flexibility index (Phi) is 18.7. The van der Waals surface area contributed by atoms with Gasteiger partial charge in [-0.15, -0.1) is 0 Å². The summed E-state index contributed by atoms with van der Waals surface area (Å²) in [5, 5.41) is 24.6. The molecule has 2 heterocycles. The zero-order valence-corrected chi connectivity index (χ0v) is 46.6. The number of carbonyl (C=O) groups excluding carboxylic acids is 8. The summed E-state index contributed by atoms with van der Waals surface area (Å²) in [7, 11) is 3.32. The third kappa shape index (κ3) is 13.4. The zero-order valence-electron chi connectivity index (χ0n) is 46.6. The van der Waals surface area contributed by atoms with Gasteiger partial charge in [-0.2, -0.15) is 0 Å². The highest BCUT2D eigenvalue weighted by molar-refractivity contribution is 5.96. The Labute approximate surface area is 449 Å². The number of carbonyl (C=O) groups is 8. The van der Waals surface area contributed by atoms with Crippen molar-refractivity contribution in [3.63, 3.8) is 0 Å². The molecule has 416 valence electrons. The van der Waals surface area contributed by atoms with Crippen molar-refractivity contribution in [3.8, 4) is 0 Å². The Hall–Kier alpha value is -5.88. The van der Waals surface area contributed by atoms with Gasteiger partial charge in [-0.05, 0) is 125 Å². The van der Waals surface area contributed by atoms with Crippen LogP contribution in [0.5, 0.6) is 0 Å². The molecule has 12 atom stereocenters. The first-order valence-corrected chi connectivity index (χ1v) is 27.9. The second-order valence-corrected chi connectivity index (χ2v) is 24.3. The Bertz CT molecular complexity index is 2300. The van der Waals surface area contributed by atoms with E-state index in [-0.39, 0.29) is 73.5 Å². The van der Waals surface area contributed by atoms with E-state index in [1.165, 1.54) is 20.9 Å². The number of amides is 8. The van der Waals surface area contributed by atoms with Gasteiger partial charge >= 0.3 is 0 Å². The van der Waals surface area contributed by atoms with Crippen LogP contribution in [-0.2, 0) is 51.2 Å². The predicted octanol–water partition coefficient (Wildman–Crippen LogP) is 3.63. The van der Waals surface area contributed by atoms with Crippen molar-refractivity contribution in [1.82, 2.24) is 52.3 Å². The molecule has 3 aliphatic carbocycles. The van der Waals surface area contributed by atoms with Gasteiger partial charge in [0.25, 0.3) is 0 Å². The largest absolute Gasteiger partial charge is 0.351 e. The number of fused-ring (bicyclic) bond motifs is 2. The van der Waals surface area contributed by atoms with Crippen LogP contribution in [0, 0.1) is 22.7 Å². The average molecular weight is 1050 g/mol. The summed E-state index contributed by atoms with van der Waals surface area (Å²) in [5.41, 5.74) is 2.95. The first kappa shape index (κ1) is 57.8. The number of aryl methyl sites for hydroxylation is 2. The van der Waals surface area contributed by atoms with Crippen LogP contribution in [0.3, 0.4) is 0 Å². The lowest BCUT2D eigenvalue weighted by Crippen LogP contribution is -2.59. The van der Waals surface area contributed by atoms with Gasteiger partial charge in [0.2, 0.25) is 47.3 Å². The first-order chi connectivity index (χ1) is 36.0. The topological polar surface area (TPSA) is 239 Å². The second-order valence-electron chi connectivity index (χ2n) is 24.3. The van der Waals surface area contributed by atoms with E-state index in [2.05, 4.69) is 54.7 Å². The third-order valence-corrected chi connectivity index (χ3v) is 16.7. The number of hydrogen-bond acceptors (Lipinski definition) is 10. The van der Waals surface area contributed by atoms with E-state index in [1.807, 2.05) is 77.9 Å². The van der Waals surface area contributed by atoms with Crippen LogP contribution in [0.4, 0.5) is 0 Å². The maximum Gasteiger partial charge on any atom is 0.246 e. The highest BCUT2D eigenvalue weighted by Crippen LogP contribution is 2.36. The fourth-order valence-electron chi connectivity index (χ4n) is 12.0. The summed E-state index contributed by atoms with van der Waals surface area (Å²) < 4.78 is 0. The van der Waals surface area contributed by atoms with E-state index in [4.69, 9.17) is 0 Å². The van der Waals surface area contributed by atoms with Crippen molar-refractivity contribution in [2.45, 2.75) is 193 Å². The van der Waals surface area contributed by atoms with Gasteiger partial charge in [0.1, 0.15) is 24.2 Å². The number of nitrogens with zero attached hydrogens (tertiary/aromatic N) is 2. The number of likely N-dealkylation sites (tertiary alicyclic amines) is 2. The molecule has 0 spiro atoms. The number of hydrogen-bond donors (Lipinski definition) is 8. The Morgan fingerprint density at radius 1 is 0.500 bits per heavy atom. The van der Waals surface area contributed by atoms with Crippen LogP contribution in [0.2, 0.25) is 0 Å². The van der Waals surface area contributed by atoms with Gasteiger partial charge in [0.05, 0.1) is 24.2 Å². The van der Waals surface area contributed by atoms with E-state index in [9.17, 15) is 38.4 Å². The van der Waals surface area contributed by atoms with Crippen molar-refractivity contribution in [3.05, 3.63) is 70.8 Å². The number of likely N-dealkylation sites (N-methyl/N-ethyl adjacent to an activating group) is 2. The molecule has 2 aromatic rings. The Morgan fingerprint density at radius 3 is 1.22 bits per heavy atom. The molecule has 7 rings (SSSR count). The maximum absolute atomic E-state index is 14.8. The zero-order chi connectivity index (χ0) is 55.2. The van der Waals surface area contributed by atoms with Crippen LogP contribution < -0.4 is 42.5 Å². The lowest BCUT2D eigenvalue weighted by atomic mass is 9.78. The molecule has 0 radical (unpaired) electrons. The SMILES string of the molecule is CNC(C)C(=O)NC(C(=O)N1CC(NC(=O)C2CCCCC2C(=O)NC2CC(C(=O)NC3CCCc4ccccc43)N(C(=O)C(NC(=O)C(C)NC)C(C)(C)C)C2)CC1C(=O)NC1CCCc2ccccc21)C(C)(C)C. The van der Waals surface area contributed by atoms with Gasteiger partial charge in [0.15, 0.2) is 0 Å². The number of rotatable bonds is 16. The standard InChI is InChI=1S/C58H86N10O8/c1-33(59-9)49(69)65-47(57(3,4)5)55(75)67-31-37(29-45(67)53(73)63-43-27-17-21-35-19-11-13-23-39(35)43)61-51(71)41-25-15-16-26-42(41)52(72)62-38-30-46(54(74)64-44-28-18-22-36-20-12-14-24-40(36)44)68(32-38)56(76)48(58(6,7)8)66-50(70)34(2)60-10/h11-14,19-20,23-24,33-34,37-38,41-48,59-60H,15-18,21-22,25-32H2,1-10H3,(H,61,71)(H,62,72)(H,63,73)(H,64,74)(H,65,69)(H,66,70). The van der Waals surface area contributed by atoms with E-state index in [0.717, 1.165) is 49.7 Å². The van der Waals surface area contributed by atoms with Crippen molar-refractivity contribution < 1.29 is 38.4 Å². The van der Waals surface area contributed by atoms with Crippen molar-refractivity contribution >= 4 is 47.3 Å². The van der Waals surface area contributed by atoms with Crippen LogP contribution in [0.25, 0.3) is 0 Å². The summed E-state index contributed by atoms with van der Waals surface area (Å²) >= 11 is 0. The lowest BCUT2D eigenvalue weighted by molar-refractivity contribution is -0.144. The molecule has 2 aliphatic heterocycles. The minimum atomic E-state index is -0.987. The van der Waals surface area contributed by atoms with Crippen molar-refractivity contribution in [2.24, 2.45) is 22.7 Å². The minimum Gasteiger partial charge on any atom is -0.351 e. The highest BCUT2D eigenvalue weighted by Gasteiger charge is 2.49. The molecular weight excluding hydrogens is 965 g/mol. The normalized spacial score (nSPS) is 26.1. The minimum absolute atomic E-state index is 0.0171. The summed E-state index contributed by atoms with van der Waals surface area (Å²) in [5.74, 6) is -4.42. The van der Waals surface area contributed by atoms with E-state index in [0.29, 0.717) is 25.7 Å². The van der Waals surface area contributed by atoms with E-state index >= 15 is 0 Å². The van der Waals surface area contributed by atoms with Crippen LogP contribution in [0.1, 0.15) is 154 Å². The molecular formula is C58H86N10O8. The molecule has 0 bridgehead atoms. The summed E-state index contributed by atoms with van der Waals surface area (Å²) in [6.07, 6.45) is 7.64. The molecule has 18 nitrogen and oxygen atoms in total. The molecule has 5 aliphatic rings. The Morgan fingerprint density at radius 2 is 0.868 bits per heavy atom. The van der Waals surface area contributed by atoms with Gasteiger partial charge in [-0.25, -0.2) is 0 Å². The summed E-state index contributed by atoms with van der Waals surface area (Å²) in [6.45, 7) is 14.6. The van der Waals surface area contributed by atoms with Crippen molar-refractivity contribution in [1.29, 1.82) is 0 Å². The molecule has 2 saturated heterocycles. The van der Waals surface area contributed by atoms with Gasteiger partial charge in [-0.3, -0.25) is 38.4 Å². The Balaban J connectivity index is 1.09. The average Bonchev–Trinajstić information content (AvgIpc) is 4.03. The lowest BCUT2D eigenvalue weighted by Gasteiger charge is -2.36. The molecule has 18 heteroatoms. The molecule has 8 N–H and O–H groups in total. The fraction of sp³-hybridized carbons (Fsp3) is 0.655. The summed E-state index contributed by atoms with van der Waals surface area (Å²) in [4.78, 5) is 118. The smallest absolute Gasteiger partial charge is 0.246 e. The molecule has 2 aromatic carbocycles. The quantitative estimate of drug-likeness (QED) is 0.122. The van der Waals surface area contributed by atoms with Crippen LogP contribution in [-0.4, -0.2) is 133 Å². The summed E-state index contributed by atoms with van der Waals surface area (Å²) in [6, 6.07) is 9.26. The molecule has 8 amide bonds. The molecule has 12 unspecified atom stereocenters. The van der Waals surface area contributed by atoms with Gasteiger partial charge in [-0.1, -0.05) is 103 Å². The number of nitrogens with one attached hydrogen (secondary N) is 8. The maximum atomic E-state index is 14.8.